The molecule has 0 aromatic rings. The third kappa shape index (κ3) is 5.29. The van der Waals surface area contributed by atoms with Gasteiger partial charge in [0.15, 0.2) is 0 Å². The normalized spacial score (nSPS) is 18.8. The molecule has 1 rings (SSSR count). The molecule has 0 aliphatic carbocycles. The van der Waals surface area contributed by atoms with Crippen LogP contribution in [0.3, 0.4) is 0 Å². The van der Waals surface area contributed by atoms with Gasteiger partial charge in [0.1, 0.15) is 0 Å². The van der Waals surface area contributed by atoms with Crippen molar-refractivity contribution in [2.75, 3.05) is 13.1 Å². The summed E-state index contributed by atoms with van der Waals surface area (Å²) in [6.45, 7) is 11.6. The first-order chi connectivity index (χ1) is 7.63. The fourth-order valence-corrected chi connectivity index (χ4v) is 1.70. The molecule has 0 fully saturated rings. The number of nitrogens with zero attached hydrogens (tertiary/aromatic N) is 1. The van der Waals surface area contributed by atoms with E-state index in [4.69, 9.17) is 0 Å². The minimum Gasteiger partial charge on any atom is -0.314 e. The molecule has 0 radical (unpaired) electrons. The second kappa shape index (κ2) is 8.31. The van der Waals surface area contributed by atoms with Crippen molar-refractivity contribution < 1.29 is 5.21 Å². The predicted molar refractivity (Wildman–Crippen MR) is 70.6 cm³/mol. The molecule has 0 aromatic carbocycles. The predicted octanol–water partition coefficient (Wildman–Crippen LogP) is 3.95. The summed E-state index contributed by atoms with van der Waals surface area (Å²) in [5.41, 5.74) is 3.90. The molecular formula is C14H25NO. The molecule has 0 saturated carbocycles. The van der Waals surface area contributed by atoms with Gasteiger partial charge in [-0.25, -0.2) is 0 Å². The molecule has 1 heterocycles. The monoisotopic (exact) mass is 223 g/mol. The van der Waals surface area contributed by atoms with Crippen LogP contribution in [0.25, 0.3) is 0 Å². The van der Waals surface area contributed by atoms with Gasteiger partial charge in [-0.3, -0.25) is 0 Å². The van der Waals surface area contributed by atoms with Gasteiger partial charge in [-0.2, -0.15) is 5.06 Å². The minimum atomic E-state index is 0.676. The Morgan fingerprint density at radius 3 is 2.50 bits per heavy atom. The second-order valence-electron chi connectivity index (χ2n) is 3.83. The molecule has 1 aliphatic rings. The van der Waals surface area contributed by atoms with Crippen LogP contribution < -0.4 is 0 Å². The summed E-state index contributed by atoms with van der Waals surface area (Å²) in [6.07, 6.45) is 7.30. The Bertz CT molecular complexity index is 287. The van der Waals surface area contributed by atoms with Crippen molar-refractivity contribution in [2.24, 2.45) is 0 Å². The van der Waals surface area contributed by atoms with Crippen molar-refractivity contribution in [1.29, 1.82) is 0 Å². The molecule has 92 valence electrons. The van der Waals surface area contributed by atoms with Gasteiger partial charge >= 0.3 is 0 Å². The second-order valence-corrected chi connectivity index (χ2v) is 3.83. The Hall–Kier alpha value is -0.860. The van der Waals surface area contributed by atoms with Crippen molar-refractivity contribution in [3.8, 4) is 0 Å². The van der Waals surface area contributed by atoms with E-state index in [1.807, 2.05) is 26.8 Å². The van der Waals surface area contributed by atoms with E-state index in [0.717, 1.165) is 13.0 Å². The molecule has 1 aliphatic heterocycles. The van der Waals surface area contributed by atoms with Gasteiger partial charge in [-0.1, -0.05) is 43.2 Å². The minimum absolute atomic E-state index is 0.676. The molecular weight excluding hydrogens is 198 g/mol. The largest absolute Gasteiger partial charge is 0.314 e. The summed E-state index contributed by atoms with van der Waals surface area (Å²) < 4.78 is 0. The highest BCUT2D eigenvalue weighted by atomic mass is 16.5. The van der Waals surface area contributed by atoms with Crippen LogP contribution in [0.4, 0.5) is 0 Å². The summed E-state index contributed by atoms with van der Waals surface area (Å²) in [5, 5.41) is 10.7. The zero-order valence-corrected chi connectivity index (χ0v) is 11.2. The number of hydrogen-bond acceptors (Lipinski definition) is 2. The Balaban J connectivity index is 0.00000106. The Labute approximate surface area is 99.9 Å². The third-order valence-electron chi connectivity index (χ3n) is 2.44. The van der Waals surface area contributed by atoms with Crippen LogP contribution in [-0.4, -0.2) is 23.4 Å². The van der Waals surface area contributed by atoms with Gasteiger partial charge in [0.05, 0.1) is 0 Å². The fourth-order valence-electron chi connectivity index (χ4n) is 1.70. The standard InChI is InChI=1S/C12H19NO.C2H6/c1-4-5-10(2)8-12-6-7-13(14)9-11(12)3;1-2/h4-5,8,14H,6-7,9H2,1-3H3;1-2H3/b5-4-,10-8-;. The highest BCUT2D eigenvalue weighted by Crippen LogP contribution is 2.19. The SMILES string of the molecule is C/C=C\C(C)=C/C1=C(C)CN(O)CC1.CC. The molecule has 0 bridgehead atoms. The van der Waals surface area contributed by atoms with Crippen LogP contribution >= 0.6 is 0 Å². The molecule has 2 heteroatoms. The number of rotatable bonds is 2. The van der Waals surface area contributed by atoms with E-state index < -0.39 is 0 Å². The first-order valence-electron chi connectivity index (χ1n) is 6.07. The topological polar surface area (TPSA) is 23.5 Å². The Morgan fingerprint density at radius 1 is 1.38 bits per heavy atom. The van der Waals surface area contributed by atoms with Crippen molar-refractivity contribution >= 4 is 0 Å². The van der Waals surface area contributed by atoms with Crippen LogP contribution in [0.15, 0.2) is 34.9 Å². The van der Waals surface area contributed by atoms with E-state index >= 15 is 0 Å². The van der Waals surface area contributed by atoms with E-state index in [-0.39, 0.29) is 0 Å². The van der Waals surface area contributed by atoms with Gasteiger partial charge < -0.3 is 5.21 Å². The quantitative estimate of drug-likeness (QED) is 0.717. The van der Waals surface area contributed by atoms with Crippen molar-refractivity contribution in [3.05, 3.63) is 34.9 Å². The molecule has 0 aromatic heterocycles. The average molecular weight is 223 g/mol. The maximum Gasteiger partial charge on any atom is 0.0451 e. The summed E-state index contributed by atoms with van der Waals surface area (Å²) >= 11 is 0. The van der Waals surface area contributed by atoms with Crippen LogP contribution in [0.5, 0.6) is 0 Å². The maximum absolute atomic E-state index is 9.30. The van der Waals surface area contributed by atoms with E-state index in [0.29, 0.717) is 6.54 Å². The number of hydrogen-bond donors (Lipinski definition) is 1. The summed E-state index contributed by atoms with van der Waals surface area (Å²) in [6, 6.07) is 0. The van der Waals surface area contributed by atoms with Crippen LogP contribution in [-0.2, 0) is 0 Å². The first kappa shape index (κ1) is 15.1. The summed E-state index contributed by atoms with van der Waals surface area (Å²) in [4.78, 5) is 0. The zero-order chi connectivity index (χ0) is 12.6. The lowest BCUT2D eigenvalue weighted by atomic mass is 10.00. The lowest BCUT2D eigenvalue weighted by Gasteiger charge is -2.23. The van der Waals surface area contributed by atoms with E-state index in [2.05, 4.69) is 26.0 Å². The summed E-state index contributed by atoms with van der Waals surface area (Å²) in [5.74, 6) is 0. The lowest BCUT2D eigenvalue weighted by Crippen LogP contribution is -2.27. The van der Waals surface area contributed by atoms with Gasteiger partial charge in [-0.05, 0) is 32.8 Å². The van der Waals surface area contributed by atoms with E-state index in [1.165, 1.54) is 21.8 Å². The molecule has 1 N–H and O–H groups in total. The van der Waals surface area contributed by atoms with Gasteiger partial charge in [-0.15, -0.1) is 0 Å². The number of hydroxylamine groups is 2. The average Bonchev–Trinajstić information content (AvgIpc) is 2.26. The van der Waals surface area contributed by atoms with E-state index in [1.54, 1.807) is 0 Å². The molecule has 0 atom stereocenters. The highest BCUT2D eigenvalue weighted by molar-refractivity contribution is 5.33. The van der Waals surface area contributed by atoms with Crippen molar-refractivity contribution in [3.63, 3.8) is 0 Å². The molecule has 2 nitrogen and oxygen atoms in total. The van der Waals surface area contributed by atoms with Gasteiger partial charge in [0.25, 0.3) is 0 Å². The molecule has 0 amide bonds. The van der Waals surface area contributed by atoms with Crippen LogP contribution in [0.1, 0.15) is 41.0 Å². The van der Waals surface area contributed by atoms with Gasteiger partial charge in [0, 0.05) is 13.1 Å². The van der Waals surface area contributed by atoms with Crippen LogP contribution in [0.2, 0.25) is 0 Å². The van der Waals surface area contributed by atoms with E-state index in [9.17, 15) is 5.21 Å². The van der Waals surface area contributed by atoms with Crippen molar-refractivity contribution in [2.45, 2.75) is 41.0 Å². The molecule has 0 unspecified atom stereocenters. The lowest BCUT2D eigenvalue weighted by molar-refractivity contribution is -0.0851. The summed E-state index contributed by atoms with van der Waals surface area (Å²) in [7, 11) is 0. The zero-order valence-electron chi connectivity index (χ0n) is 11.2. The Morgan fingerprint density at radius 2 is 2.00 bits per heavy atom. The van der Waals surface area contributed by atoms with Crippen LogP contribution in [0, 0.1) is 0 Å². The highest BCUT2D eigenvalue weighted by Gasteiger charge is 2.12. The Kier molecular flexibility index (Phi) is 7.86. The molecule has 16 heavy (non-hydrogen) atoms. The first-order valence-corrected chi connectivity index (χ1v) is 6.07. The van der Waals surface area contributed by atoms with Gasteiger partial charge in [0.2, 0.25) is 0 Å². The fraction of sp³-hybridized carbons (Fsp3) is 0.571. The molecule has 0 spiro atoms. The van der Waals surface area contributed by atoms with Crippen molar-refractivity contribution in [1.82, 2.24) is 5.06 Å². The third-order valence-corrected chi connectivity index (χ3v) is 2.44. The maximum atomic E-state index is 9.30. The number of allylic oxidation sites excluding steroid dienone is 4. The molecule has 0 saturated heterocycles. The smallest absolute Gasteiger partial charge is 0.0451 e.